The Hall–Kier alpha value is -1.58. The van der Waals surface area contributed by atoms with Crippen LogP contribution in [0.5, 0.6) is 5.75 Å². The Morgan fingerprint density at radius 2 is 2.14 bits per heavy atom. The molecule has 1 aromatic carbocycles. The van der Waals surface area contributed by atoms with Crippen molar-refractivity contribution in [3.63, 3.8) is 0 Å². The number of ether oxygens (including phenoxy) is 1. The first-order chi connectivity index (χ1) is 6.90. The third-order valence-corrected chi connectivity index (χ3v) is 2.05. The fourth-order valence-corrected chi connectivity index (χ4v) is 1.24. The highest BCUT2D eigenvalue weighted by Crippen LogP contribution is 2.17. The zero-order valence-corrected chi connectivity index (χ0v) is 8.16. The van der Waals surface area contributed by atoms with Gasteiger partial charge in [0, 0.05) is 6.07 Å². The first-order valence-corrected chi connectivity index (χ1v) is 4.83. The summed E-state index contributed by atoms with van der Waals surface area (Å²) < 4.78 is 5.54. The van der Waals surface area contributed by atoms with Crippen molar-refractivity contribution < 1.29 is 4.74 Å². The van der Waals surface area contributed by atoms with Crippen LogP contribution in [0.1, 0.15) is 19.8 Å². The minimum absolute atomic E-state index is 0.764. The molecule has 0 saturated heterocycles. The summed E-state index contributed by atoms with van der Waals surface area (Å²) in [5, 5.41) is 10.5. The molecule has 0 aliphatic rings. The van der Waals surface area contributed by atoms with Gasteiger partial charge in [-0.05, 0) is 18.6 Å². The summed E-state index contributed by atoms with van der Waals surface area (Å²) in [7, 11) is 0. The van der Waals surface area contributed by atoms with Gasteiger partial charge in [-0.3, -0.25) is 0 Å². The normalized spacial score (nSPS) is 10.6. The Labute approximate surface area is 82.3 Å². The number of nitrogens with one attached hydrogen (secondary N) is 1. The van der Waals surface area contributed by atoms with Crippen molar-refractivity contribution in [3.8, 4) is 5.75 Å². The number of nitrogens with zero attached hydrogens (tertiary/aromatic N) is 2. The topological polar surface area (TPSA) is 50.8 Å². The van der Waals surface area contributed by atoms with Crippen LogP contribution in [-0.4, -0.2) is 22.0 Å². The lowest BCUT2D eigenvalue weighted by Gasteiger charge is -2.03. The van der Waals surface area contributed by atoms with Crippen LogP contribution in [0.4, 0.5) is 0 Å². The molecule has 1 heterocycles. The molecule has 4 heteroatoms. The van der Waals surface area contributed by atoms with E-state index in [1.807, 2.05) is 18.2 Å². The van der Waals surface area contributed by atoms with Gasteiger partial charge in [-0.25, -0.2) is 0 Å². The van der Waals surface area contributed by atoms with Crippen LogP contribution in [0.25, 0.3) is 11.0 Å². The van der Waals surface area contributed by atoms with Crippen molar-refractivity contribution in [3.05, 3.63) is 18.2 Å². The lowest BCUT2D eigenvalue weighted by Crippen LogP contribution is -1.95. The van der Waals surface area contributed by atoms with Gasteiger partial charge < -0.3 is 4.74 Å². The van der Waals surface area contributed by atoms with E-state index in [0.29, 0.717) is 0 Å². The Morgan fingerprint density at radius 3 is 3.00 bits per heavy atom. The van der Waals surface area contributed by atoms with Crippen molar-refractivity contribution >= 4 is 11.0 Å². The molecular formula is C10H13N3O. The smallest absolute Gasteiger partial charge is 0.121 e. The largest absolute Gasteiger partial charge is 0.494 e. The van der Waals surface area contributed by atoms with Gasteiger partial charge in [0.05, 0.1) is 6.61 Å². The van der Waals surface area contributed by atoms with Crippen LogP contribution in [0.15, 0.2) is 18.2 Å². The van der Waals surface area contributed by atoms with Gasteiger partial charge in [-0.1, -0.05) is 13.3 Å². The number of unbranched alkanes of at least 4 members (excludes halogenated alkanes) is 1. The Morgan fingerprint density at radius 1 is 1.29 bits per heavy atom. The summed E-state index contributed by atoms with van der Waals surface area (Å²) in [5.74, 6) is 0.861. The average Bonchev–Trinajstić information content (AvgIpc) is 2.65. The summed E-state index contributed by atoms with van der Waals surface area (Å²) in [6.07, 6.45) is 2.23. The van der Waals surface area contributed by atoms with Crippen LogP contribution >= 0.6 is 0 Å². The second kappa shape index (κ2) is 4.09. The lowest BCUT2D eigenvalue weighted by molar-refractivity contribution is 0.310. The first-order valence-electron chi connectivity index (χ1n) is 4.83. The number of aromatic amines is 1. The lowest BCUT2D eigenvalue weighted by atomic mass is 10.3. The first kappa shape index (κ1) is 8.99. The predicted molar refractivity (Wildman–Crippen MR) is 54.3 cm³/mol. The number of fused-ring (bicyclic) bond motifs is 1. The molecule has 0 fully saturated rings. The highest BCUT2D eigenvalue weighted by Gasteiger charge is 1.99. The summed E-state index contributed by atoms with van der Waals surface area (Å²) >= 11 is 0. The molecule has 0 atom stereocenters. The molecule has 14 heavy (non-hydrogen) atoms. The van der Waals surface area contributed by atoms with Crippen molar-refractivity contribution in [1.29, 1.82) is 0 Å². The Balaban J connectivity index is 2.10. The molecule has 1 aromatic heterocycles. The van der Waals surface area contributed by atoms with Crippen LogP contribution in [0.2, 0.25) is 0 Å². The molecule has 4 nitrogen and oxygen atoms in total. The summed E-state index contributed by atoms with van der Waals surface area (Å²) in [4.78, 5) is 0. The SMILES string of the molecule is CCCCOc1ccc2n[nH]nc2c1. The monoisotopic (exact) mass is 191 g/mol. The van der Waals surface area contributed by atoms with Gasteiger partial charge in [0.2, 0.25) is 0 Å². The number of hydrogen-bond donors (Lipinski definition) is 1. The summed E-state index contributed by atoms with van der Waals surface area (Å²) in [6.45, 7) is 2.91. The van der Waals surface area contributed by atoms with Gasteiger partial charge in [-0.2, -0.15) is 15.4 Å². The van der Waals surface area contributed by atoms with Crippen LogP contribution < -0.4 is 4.74 Å². The maximum Gasteiger partial charge on any atom is 0.121 e. The molecule has 0 saturated carbocycles. The molecule has 2 rings (SSSR count). The van der Waals surface area contributed by atoms with Crippen molar-refractivity contribution in [2.24, 2.45) is 0 Å². The molecule has 74 valence electrons. The van der Waals surface area contributed by atoms with Crippen LogP contribution in [0.3, 0.4) is 0 Å². The molecule has 1 N–H and O–H groups in total. The van der Waals surface area contributed by atoms with E-state index in [1.165, 1.54) is 0 Å². The summed E-state index contributed by atoms with van der Waals surface area (Å²) in [6, 6.07) is 5.72. The number of benzene rings is 1. The summed E-state index contributed by atoms with van der Waals surface area (Å²) in [5.41, 5.74) is 1.71. The molecule has 0 unspecified atom stereocenters. The van der Waals surface area contributed by atoms with Gasteiger partial charge >= 0.3 is 0 Å². The van der Waals surface area contributed by atoms with E-state index in [9.17, 15) is 0 Å². The average molecular weight is 191 g/mol. The molecular weight excluding hydrogens is 178 g/mol. The number of H-pyrrole nitrogens is 1. The molecule has 0 aliphatic carbocycles. The maximum atomic E-state index is 5.54. The molecule has 0 bridgehead atoms. The standard InChI is InChI=1S/C10H13N3O/c1-2-3-6-14-8-4-5-9-10(7-8)12-13-11-9/h4-5,7H,2-3,6H2,1H3,(H,11,12,13). The van der Waals surface area contributed by atoms with Crippen molar-refractivity contribution in [1.82, 2.24) is 15.4 Å². The van der Waals surface area contributed by atoms with E-state index >= 15 is 0 Å². The molecule has 0 aliphatic heterocycles. The highest BCUT2D eigenvalue weighted by molar-refractivity contribution is 5.75. The molecule has 0 amide bonds. The number of rotatable bonds is 4. The maximum absolute atomic E-state index is 5.54. The third kappa shape index (κ3) is 1.84. The van der Waals surface area contributed by atoms with E-state index in [0.717, 1.165) is 36.2 Å². The van der Waals surface area contributed by atoms with Crippen LogP contribution in [-0.2, 0) is 0 Å². The quantitative estimate of drug-likeness (QED) is 0.753. The van der Waals surface area contributed by atoms with E-state index in [-0.39, 0.29) is 0 Å². The second-order valence-corrected chi connectivity index (χ2v) is 3.18. The van der Waals surface area contributed by atoms with Gasteiger partial charge in [-0.15, -0.1) is 0 Å². The van der Waals surface area contributed by atoms with Gasteiger partial charge in [0.1, 0.15) is 16.8 Å². The van der Waals surface area contributed by atoms with E-state index in [4.69, 9.17) is 4.74 Å². The van der Waals surface area contributed by atoms with E-state index < -0.39 is 0 Å². The van der Waals surface area contributed by atoms with Crippen molar-refractivity contribution in [2.45, 2.75) is 19.8 Å². The van der Waals surface area contributed by atoms with Gasteiger partial charge in [0.15, 0.2) is 0 Å². The van der Waals surface area contributed by atoms with E-state index in [2.05, 4.69) is 22.3 Å². The third-order valence-electron chi connectivity index (χ3n) is 2.05. The van der Waals surface area contributed by atoms with E-state index in [1.54, 1.807) is 0 Å². The molecule has 0 spiro atoms. The zero-order chi connectivity index (χ0) is 9.80. The Kier molecular flexibility index (Phi) is 2.62. The predicted octanol–water partition coefficient (Wildman–Crippen LogP) is 2.14. The minimum atomic E-state index is 0.764. The Bertz CT molecular complexity index is 410. The van der Waals surface area contributed by atoms with Gasteiger partial charge in [0.25, 0.3) is 0 Å². The minimum Gasteiger partial charge on any atom is -0.494 e. The molecule has 2 aromatic rings. The molecule has 0 radical (unpaired) electrons. The zero-order valence-electron chi connectivity index (χ0n) is 8.16. The fraction of sp³-hybridized carbons (Fsp3) is 0.400. The second-order valence-electron chi connectivity index (χ2n) is 3.18. The number of hydrogen-bond acceptors (Lipinski definition) is 3. The fourth-order valence-electron chi connectivity index (χ4n) is 1.24. The highest BCUT2D eigenvalue weighted by atomic mass is 16.5. The van der Waals surface area contributed by atoms with Crippen molar-refractivity contribution in [2.75, 3.05) is 6.61 Å². The van der Waals surface area contributed by atoms with Crippen LogP contribution in [0, 0.1) is 0 Å². The number of aromatic nitrogens is 3.